The third-order valence-corrected chi connectivity index (χ3v) is 7.47. The van der Waals surface area contributed by atoms with E-state index < -0.39 is 5.41 Å². The highest BCUT2D eigenvalue weighted by molar-refractivity contribution is 6.11. The van der Waals surface area contributed by atoms with Crippen molar-refractivity contribution in [2.24, 2.45) is 0 Å². The van der Waals surface area contributed by atoms with Gasteiger partial charge in [-0.05, 0) is 43.0 Å². The molecule has 1 atom stereocenters. The van der Waals surface area contributed by atoms with Crippen molar-refractivity contribution in [3.05, 3.63) is 65.0 Å². The van der Waals surface area contributed by atoms with Gasteiger partial charge < -0.3 is 9.64 Å². The Labute approximate surface area is 213 Å². The van der Waals surface area contributed by atoms with Crippen molar-refractivity contribution < 1.29 is 19.1 Å². The van der Waals surface area contributed by atoms with Crippen molar-refractivity contribution in [1.82, 2.24) is 19.7 Å². The number of rotatable bonds is 9. The molecular formula is C28H36N4O4. The molecular weight excluding hydrogens is 456 g/mol. The first kappa shape index (κ1) is 26.0. The largest absolute Gasteiger partial charge is 0.385 e. The van der Waals surface area contributed by atoms with Gasteiger partial charge in [0.25, 0.3) is 0 Å². The number of hydrogen-bond donors (Lipinski definition) is 0. The second-order valence-electron chi connectivity index (χ2n) is 9.87. The van der Waals surface area contributed by atoms with Crippen LogP contribution in [0.5, 0.6) is 0 Å². The molecule has 1 aromatic carbocycles. The Balaban J connectivity index is 1.48. The molecule has 2 aliphatic rings. The molecule has 0 radical (unpaired) electrons. The lowest BCUT2D eigenvalue weighted by atomic mass is 9.74. The number of hydrogen-bond acceptors (Lipinski definition) is 6. The molecule has 8 heteroatoms. The van der Waals surface area contributed by atoms with E-state index in [0.717, 1.165) is 42.0 Å². The lowest BCUT2D eigenvalue weighted by molar-refractivity contribution is -0.143. The lowest BCUT2D eigenvalue weighted by Crippen LogP contribution is -2.51. The predicted molar refractivity (Wildman–Crippen MR) is 136 cm³/mol. The van der Waals surface area contributed by atoms with Crippen LogP contribution in [0.25, 0.3) is 0 Å². The second kappa shape index (κ2) is 11.3. The minimum absolute atomic E-state index is 0.00253. The molecule has 2 fully saturated rings. The summed E-state index contributed by atoms with van der Waals surface area (Å²) in [6.07, 6.45) is 2.41. The topological polar surface area (TPSA) is 83.1 Å². The van der Waals surface area contributed by atoms with Crippen LogP contribution in [0.15, 0.2) is 42.6 Å². The van der Waals surface area contributed by atoms with Crippen LogP contribution >= 0.6 is 0 Å². The van der Waals surface area contributed by atoms with Crippen molar-refractivity contribution in [2.75, 3.05) is 46.4 Å². The van der Waals surface area contributed by atoms with Gasteiger partial charge >= 0.3 is 0 Å². The van der Waals surface area contributed by atoms with Crippen LogP contribution in [-0.2, 0) is 31.1 Å². The van der Waals surface area contributed by atoms with Crippen LogP contribution in [-0.4, -0.2) is 83.8 Å². The number of carbonyl (C=O) groups is 3. The molecule has 8 nitrogen and oxygen atoms in total. The lowest BCUT2D eigenvalue weighted by Gasteiger charge is -2.37. The highest BCUT2D eigenvalue weighted by atomic mass is 16.5. The third-order valence-electron chi connectivity index (χ3n) is 7.47. The van der Waals surface area contributed by atoms with Gasteiger partial charge in [0, 0.05) is 72.0 Å². The quantitative estimate of drug-likeness (QED) is 0.395. The average Bonchev–Trinajstić information content (AvgIpc) is 3.11. The highest BCUT2D eigenvalue weighted by Gasteiger charge is 2.54. The molecule has 0 spiro atoms. The van der Waals surface area contributed by atoms with E-state index in [1.807, 2.05) is 48.4 Å². The summed E-state index contributed by atoms with van der Waals surface area (Å²) in [6.45, 7) is 8.20. The summed E-state index contributed by atoms with van der Waals surface area (Å²) in [4.78, 5) is 50.3. The number of carbonyl (C=O) groups excluding carboxylic acids is 3. The Hall–Kier alpha value is -3.10. The first-order chi connectivity index (χ1) is 17.4. The molecule has 2 aliphatic heterocycles. The van der Waals surface area contributed by atoms with Gasteiger partial charge in [0.15, 0.2) is 0 Å². The van der Waals surface area contributed by atoms with Gasteiger partial charge in [0.2, 0.25) is 17.7 Å². The molecule has 0 aliphatic carbocycles. The number of likely N-dealkylation sites (tertiary alicyclic amines) is 1. The Morgan fingerprint density at radius 2 is 1.75 bits per heavy atom. The molecule has 2 saturated heterocycles. The minimum atomic E-state index is -1.16. The van der Waals surface area contributed by atoms with Gasteiger partial charge in [-0.3, -0.25) is 29.2 Å². The Bertz CT molecular complexity index is 1110. The van der Waals surface area contributed by atoms with Crippen LogP contribution in [0.1, 0.15) is 41.6 Å². The number of ether oxygens (including phenoxy) is 1. The number of nitrogens with zero attached hydrogens (tertiary/aromatic N) is 4. The number of benzene rings is 1. The van der Waals surface area contributed by atoms with Gasteiger partial charge in [0.05, 0.1) is 11.1 Å². The van der Waals surface area contributed by atoms with Gasteiger partial charge in [-0.1, -0.05) is 30.3 Å². The molecule has 2 aromatic rings. The van der Waals surface area contributed by atoms with Crippen LogP contribution in [0.2, 0.25) is 0 Å². The molecule has 3 heterocycles. The number of imide groups is 1. The fourth-order valence-corrected chi connectivity index (χ4v) is 5.37. The monoisotopic (exact) mass is 492 g/mol. The predicted octanol–water partition coefficient (Wildman–Crippen LogP) is 2.47. The van der Waals surface area contributed by atoms with E-state index >= 15 is 0 Å². The SMILES string of the molecule is COCCCN1C(=O)CC(CC(=O)N2CCN(Cc3ncccc3C)CC2)(c2ccccc2C)C1=O. The first-order valence-corrected chi connectivity index (χ1v) is 12.7. The molecule has 3 amide bonds. The summed E-state index contributed by atoms with van der Waals surface area (Å²) in [7, 11) is 1.60. The molecule has 0 bridgehead atoms. The highest BCUT2D eigenvalue weighted by Crippen LogP contribution is 2.41. The zero-order chi connectivity index (χ0) is 25.7. The van der Waals surface area contributed by atoms with E-state index in [-0.39, 0.29) is 30.6 Å². The van der Waals surface area contributed by atoms with E-state index in [1.54, 1.807) is 7.11 Å². The summed E-state index contributed by atoms with van der Waals surface area (Å²) in [5.74, 6) is -0.565. The maximum absolute atomic E-state index is 13.8. The number of aryl methyl sites for hydroxylation is 2. The first-order valence-electron chi connectivity index (χ1n) is 12.7. The van der Waals surface area contributed by atoms with Crippen LogP contribution in [0, 0.1) is 13.8 Å². The summed E-state index contributed by atoms with van der Waals surface area (Å²) in [5, 5.41) is 0. The molecule has 1 unspecified atom stereocenters. The smallest absolute Gasteiger partial charge is 0.240 e. The van der Waals surface area contributed by atoms with Gasteiger partial charge in [-0.25, -0.2) is 0 Å². The maximum atomic E-state index is 13.8. The van der Waals surface area contributed by atoms with Gasteiger partial charge in [0.1, 0.15) is 0 Å². The molecule has 36 heavy (non-hydrogen) atoms. The molecule has 192 valence electrons. The molecule has 0 N–H and O–H groups in total. The van der Waals surface area contributed by atoms with E-state index in [4.69, 9.17) is 4.74 Å². The number of aromatic nitrogens is 1. The fourth-order valence-electron chi connectivity index (χ4n) is 5.37. The average molecular weight is 493 g/mol. The van der Waals surface area contributed by atoms with Crippen LogP contribution in [0.3, 0.4) is 0 Å². The Kier molecular flexibility index (Phi) is 8.16. The normalized spacial score (nSPS) is 20.9. The van der Waals surface area contributed by atoms with Crippen molar-refractivity contribution in [1.29, 1.82) is 0 Å². The summed E-state index contributed by atoms with van der Waals surface area (Å²) >= 11 is 0. The minimum Gasteiger partial charge on any atom is -0.385 e. The number of piperazine rings is 1. The Morgan fingerprint density at radius 3 is 2.44 bits per heavy atom. The van der Waals surface area contributed by atoms with Crippen molar-refractivity contribution >= 4 is 17.7 Å². The van der Waals surface area contributed by atoms with Crippen LogP contribution < -0.4 is 0 Å². The van der Waals surface area contributed by atoms with E-state index in [9.17, 15) is 14.4 Å². The number of amides is 3. The molecule has 4 rings (SSSR count). The van der Waals surface area contributed by atoms with Crippen molar-refractivity contribution in [3.8, 4) is 0 Å². The van der Waals surface area contributed by atoms with E-state index in [2.05, 4.69) is 22.9 Å². The van der Waals surface area contributed by atoms with Crippen LogP contribution in [0.4, 0.5) is 0 Å². The van der Waals surface area contributed by atoms with Gasteiger partial charge in [-0.2, -0.15) is 0 Å². The fraction of sp³-hybridized carbons (Fsp3) is 0.500. The number of methoxy groups -OCH3 is 1. The second-order valence-corrected chi connectivity index (χ2v) is 9.87. The standard InChI is InChI=1S/C28H36N4O4/c1-21-8-4-5-10-23(21)28(19-26(34)32(27(28)35)12-7-17-36-3)18-25(33)31-15-13-30(14-16-31)20-24-22(2)9-6-11-29-24/h4-6,8-11H,7,12-20H2,1-3H3. The zero-order valence-electron chi connectivity index (χ0n) is 21.5. The zero-order valence-corrected chi connectivity index (χ0v) is 21.5. The third kappa shape index (κ3) is 5.34. The summed E-state index contributed by atoms with van der Waals surface area (Å²) in [5.41, 5.74) is 2.75. The van der Waals surface area contributed by atoms with E-state index in [0.29, 0.717) is 32.7 Å². The molecule has 0 saturated carbocycles. The van der Waals surface area contributed by atoms with Gasteiger partial charge in [-0.15, -0.1) is 0 Å². The number of pyridine rings is 1. The van der Waals surface area contributed by atoms with Crippen molar-refractivity contribution in [2.45, 2.75) is 45.1 Å². The summed E-state index contributed by atoms with van der Waals surface area (Å²) in [6, 6.07) is 11.6. The maximum Gasteiger partial charge on any atom is 0.240 e. The molecule has 1 aromatic heterocycles. The Morgan fingerprint density at radius 1 is 1.03 bits per heavy atom. The van der Waals surface area contributed by atoms with Crippen molar-refractivity contribution in [3.63, 3.8) is 0 Å². The van der Waals surface area contributed by atoms with E-state index in [1.165, 1.54) is 4.90 Å². The summed E-state index contributed by atoms with van der Waals surface area (Å²) < 4.78 is 5.11.